The van der Waals surface area contributed by atoms with Gasteiger partial charge in [0.15, 0.2) is 0 Å². The van der Waals surface area contributed by atoms with Crippen LogP contribution in [0.3, 0.4) is 0 Å². The Bertz CT molecular complexity index is 194. The van der Waals surface area contributed by atoms with Crippen molar-refractivity contribution in [2.45, 2.75) is 38.1 Å². The Morgan fingerprint density at radius 1 is 0.933 bits per heavy atom. The van der Waals surface area contributed by atoms with Crippen LogP contribution < -0.4 is 5.32 Å². The van der Waals surface area contributed by atoms with Crippen molar-refractivity contribution in [3.05, 3.63) is 0 Å². The predicted molar refractivity (Wildman–Crippen MR) is 63.2 cm³/mol. The number of hydrogen-bond acceptors (Lipinski definition) is 2. The molecule has 0 atom stereocenters. The summed E-state index contributed by atoms with van der Waals surface area (Å²) in [6.07, 6.45) is 7.40. The Hall–Kier alpha value is 0.210. The van der Waals surface area contributed by atoms with Crippen LogP contribution in [0.4, 0.5) is 0 Å². The van der Waals surface area contributed by atoms with Crippen molar-refractivity contribution in [2.24, 2.45) is 23.7 Å². The van der Waals surface area contributed by atoms with Gasteiger partial charge in [0.1, 0.15) is 0 Å². The topological polar surface area (TPSA) is 32.3 Å². The van der Waals surface area contributed by atoms with Gasteiger partial charge in [-0.1, -0.05) is 0 Å². The molecule has 0 aromatic heterocycles. The second kappa shape index (κ2) is 4.60. The highest BCUT2D eigenvalue weighted by molar-refractivity contribution is 5.85. The first kappa shape index (κ1) is 11.7. The lowest BCUT2D eigenvalue weighted by Gasteiger charge is -2.54. The highest BCUT2D eigenvalue weighted by Crippen LogP contribution is 2.53. The molecule has 2 nitrogen and oxygen atoms in total. The summed E-state index contributed by atoms with van der Waals surface area (Å²) in [5.74, 6) is 4.00. The lowest BCUT2D eigenvalue weighted by Crippen LogP contribution is -2.54. The average Bonchev–Trinajstić information content (AvgIpc) is 2.15. The van der Waals surface area contributed by atoms with E-state index in [2.05, 4.69) is 5.32 Å². The summed E-state index contributed by atoms with van der Waals surface area (Å²) in [4.78, 5) is 0. The van der Waals surface area contributed by atoms with Crippen LogP contribution in [0.5, 0.6) is 0 Å². The number of hydrogen-bond donors (Lipinski definition) is 2. The van der Waals surface area contributed by atoms with Crippen molar-refractivity contribution in [3.63, 3.8) is 0 Å². The zero-order chi connectivity index (χ0) is 9.54. The summed E-state index contributed by atoms with van der Waals surface area (Å²) in [6.45, 7) is 1.09. The second-order valence-electron chi connectivity index (χ2n) is 5.63. The summed E-state index contributed by atoms with van der Waals surface area (Å²) in [5.41, 5.74) is 0. The highest BCUT2D eigenvalue weighted by atomic mass is 35.5. The molecule has 0 spiro atoms. The molecular formula is C12H22ClNO. The number of aliphatic hydroxyl groups excluding tert-OH is 1. The van der Waals surface area contributed by atoms with Crippen molar-refractivity contribution >= 4 is 12.4 Å². The monoisotopic (exact) mass is 231 g/mol. The van der Waals surface area contributed by atoms with E-state index in [4.69, 9.17) is 5.11 Å². The Labute approximate surface area is 98.2 Å². The molecule has 0 amide bonds. The van der Waals surface area contributed by atoms with Gasteiger partial charge in [-0.15, -0.1) is 12.4 Å². The van der Waals surface area contributed by atoms with Crippen molar-refractivity contribution in [2.75, 3.05) is 13.2 Å². The maximum Gasteiger partial charge on any atom is 0.0556 e. The van der Waals surface area contributed by atoms with Gasteiger partial charge in [0.25, 0.3) is 0 Å². The van der Waals surface area contributed by atoms with Crippen LogP contribution in [0.2, 0.25) is 0 Å². The lowest BCUT2D eigenvalue weighted by molar-refractivity contribution is -0.0146. The SMILES string of the molecule is Cl.OCCNC1C2CC3CC(C2)CC1C3. The Kier molecular flexibility index (Phi) is 3.59. The fourth-order valence-electron chi connectivity index (χ4n) is 4.49. The van der Waals surface area contributed by atoms with E-state index in [1.165, 1.54) is 32.1 Å². The molecule has 0 heterocycles. The molecule has 4 saturated carbocycles. The molecule has 4 fully saturated rings. The smallest absolute Gasteiger partial charge is 0.0556 e. The number of nitrogens with one attached hydrogen (secondary N) is 1. The third-order valence-electron chi connectivity index (χ3n) is 4.72. The first-order valence-corrected chi connectivity index (χ1v) is 6.21. The average molecular weight is 232 g/mol. The molecule has 4 bridgehead atoms. The molecule has 0 saturated heterocycles. The Morgan fingerprint density at radius 2 is 1.47 bits per heavy atom. The van der Waals surface area contributed by atoms with E-state index in [1.54, 1.807) is 0 Å². The van der Waals surface area contributed by atoms with Gasteiger partial charge >= 0.3 is 0 Å². The molecule has 0 aromatic carbocycles. The van der Waals surface area contributed by atoms with Gasteiger partial charge in [0, 0.05) is 12.6 Å². The molecule has 2 N–H and O–H groups in total. The van der Waals surface area contributed by atoms with E-state index in [1.807, 2.05) is 0 Å². The first-order valence-electron chi connectivity index (χ1n) is 6.21. The van der Waals surface area contributed by atoms with E-state index in [-0.39, 0.29) is 12.4 Å². The van der Waals surface area contributed by atoms with Gasteiger partial charge in [0.2, 0.25) is 0 Å². The standard InChI is InChI=1S/C12H21NO.ClH/c14-2-1-13-12-10-4-8-3-9(6-10)7-11(12)5-8;/h8-14H,1-7H2;1H. The number of aliphatic hydroxyl groups is 1. The van der Waals surface area contributed by atoms with Crippen LogP contribution in [0.1, 0.15) is 32.1 Å². The van der Waals surface area contributed by atoms with Gasteiger partial charge < -0.3 is 10.4 Å². The third-order valence-corrected chi connectivity index (χ3v) is 4.72. The highest BCUT2D eigenvalue weighted by Gasteiger charge is 2.47. The molecule has 88 valence electrons. The molecule has 3 heteroatoms. The summed E-state index contributed by atoms with van der Waals surface area (Å²) >= 11 is 0. The van der Waals surface area contributed by atoms with Crippen molar-refractivity contribution < 1.29 is 5.11 Å². The summed E-state index contributed by atoms with van der Waals surface area (Å²) in [5, 5.41) is 12.4. The fourth-order valence-corrected chi connectivity index (χ4v) is 4.49. The largest absolute Gasteiger partial charge is 0.395 e. The van der Waals surface area contributed by atoms with Crippen LogP contribution in [0, 0.1) is 23.7 Å². The van der Waals surface area contributed by atoms with Gasteiger partial charge in [-0.2, -0.15) is 0 Å². The van der Waals surface area contributed by atoms with Gasteiger partial charge in [-0.3, -0.25) is 0 Å². The minimum absolute atomic E-state index is 0. The van der Waals surface area contributed by atoms with Crippen molar-refractivity contribution in [1.82, 2.24) is 5.32 Å². The van der Waals surface area contributed by atoms with Gasteiger partial charge in [0.05, 0.1) is 6.61 Å². The minimum Gasteiger partial charge on any atom is -0.395 e. The maximum atomic E-state index is 8.86. The molecule has 4 aliphatic rings. The zero-order valence-electron chi connectivity index (χ0n) is 9.19. The van der Waals surface area contributed by atoms with Crippen LogP contribution >= 0.6 is 12.4 Å². The molecule has 4 aliphatic carbocycles. The molecular weight excluding hydrogens is 210 g/mol. The molecule has 0 radical (unpaired) electrons. The number of halogens is 1. The quantitative estimate of drug-likeness (QED) is 0.777. The Morgan fingerprint density at radius 3 is 1.93 bits per heavy atom. The van der Waals surface area contributed by atoms with Crippen LogP contribution in [-0.4, -0.2) is 24.3 Å². The van der Waals surface area contributed by atoms with Gasteiger partial charge in [-0.25, -0.2) is 0 Å². The van der Waals surface area contributed by atoms with E-state index in [0.29, 0.717) is 6.61 Å². The molecule has 0 unspecified atom stereocenters. The van der Waals surface area contributed by atoms with Crippen LogP contribution in [-0.2, 0) is 0 Å². The maximum absolute atomic E-state index is 8.86. The van der Waals surface area contributed by atoms with Crippen molar-refractivity contribution in [3.8, 4) is 0 Å². The zero-order valence-corrected chi connectivity index (χ0v) is 10.0. The summed E-state index contributed by atoms with van der Waals surface area (Å²) in [7, 11) is 0. The van der Waals surface area contributed by atoms with E-state index < -0.39 is 0 Å². The second-order valence-corrected chi connectivity index (χ2v) is 5.63. The summed E-state index contributed by atoms with van der Waals surface area (Å²) < 4.78 is 0. The number of rotatable bonds is 3. The van der Waals surface area contributed by atoms with Crippen molar-refractivity contribution in [1.29, 1.82) is 0 Å². The lowest BCUT2D eigenvalue weighted by atomic mass is 9.54. The normalized spacial score (nSPS) is 46.6. The van der Waals surface area contributed by atoms with Crippen LogP contribution in [0.15, 0.2) is 0 Å². The fraction of sp³-hybridized carbons (Fsp3) is 1.00. The predicted octanol–water partition coefficient (Wildman–Crippen LogP) is 1.81. The molecule has 15 heavy (non-hydrogen) atoms. The molecule has 0 aliphatic heterocycles. The minimum atomic E-state index is 0. The molecule has 4 rings (SSSR count). The van der Waals surface area contributed by atoms with Gasteiger partial charge in [-0.05, 0) is 55.8 Å². The van der Waals surface area contributed by atoms with E-state index in [9.17, 15) is 0 Å². The van der Waals surface area contributed by atoms with E-state index in [0.717, 1.165) is 36.3 Å². The Balaban J connectivity index is 0.000000853. The third kappa shape index (κ3) is 2.04. The first-order chi connectivity index (χ1) is 6.86. The van der Waals surface area contributed by atoms with E-state index >= 15 is 0 Å². The molecule has 0 aromatic rings. The van der Waals surface area contributed by atoms with Crippen LogP contribution in [0.25, 0.3) is 0 Å². The summed E-state index contributed by atoms with van der Waals surface area (Å²) in [6, 6.07) is 0.745.